The maximum atomic E-state index is 10.3. The molecule has 1 atom stereocenters. The summed E-state index contributed by atoms with van der Waals surface area (Å²) >= 11 is 0. The van der Waals surface area contributed by atoms with Crippen LogP contribution in [0.2, 0.25) is 0 Å². The third kappa shape index (κ3) is 5.30. The number of rotatable bonds is 3. The fraction of sp³-hybridized carbons (Fsp3) is 0.833. The first-order chi connectivity index (χ1) is 4.16. The zero-order chi connectivity index (χ0) is 7.28. The van der Waals surface area contributed by atoms with Gasteiger partial charge in [-0.1, -0.05) is 6.92 Å². The van der Waals surface area contributed by atoms with Gasteiger partial charge < -0.3 is 11.1 Å². The molecule has 3 heteroatoms. The van der Waals surface area contributed by atoms with Crippen molar-refractivity contribution in [2.45, 2.75) is 13.8 Å². The fourth-order valence-corrected chi connectivity index (χ4v) is 0.401. The van der Waals surface area contributed by atoms with Gasteiger partial charge in [0.2, 0.25) is 5.91 Å². The van der Waals surface area contributed by atoms with E-state index in [0.29, 0.717) is 19.0 Å². The van der Waals surface area contributed by atoms with E-state index in [1.54, 1.807) is 0 Å². The first-order valence-electron chi connectivity index (χ1n) is 3.11. The summed E-state index contributed by atoms with van der Waals surface area (Å²) in [5.41, 5.74) is 5.31. The van der Waals surface area contributed by atoms with Crippen molar-refractivity contribution in [3.8, 4) is 0 Å². The van der Waals surface area contributed by atoms with Crippen molar-refractivity contribution in [3.63, 3.8) is 0 Å². The highest BCUT2D eigenvalue weighted by Gasteiger charge is 1.97. The lowest BCUT2D eigenvalue weighted by atomic mass is 10.2. The van der Waals surface area contributed by atoms with E-state index in [9.17, 15) is 4.79 Å². The first-order valence-corrected chi connectivity index (χ1v) is 3.11. The molecule has 0 saturated carbocycles. The minimum atomic E-state index is 0.00954. The van der Waals surface area contributed by atoms with E-state index in [-0.39, 0.29) is 5.91 Å². The van der Waals surface area contributed by atoms with E-state index in [1.165, 1.54) is 6.92 Å². The molecule has 0 saturated heterocycles. The summed E-state index contributed by atoms with van der Waals surface area (Å²) < 4.78 is 0. The molecule has 0 aliphatic heterocycles. The average Bonchev–Trinajstić information content (AvgIpc) is 1.83. The van der Waals surface area contributed by atoms with Crippen LogP contribution in [-0.2, 0) is 4.79 Å². The van der Waals surface area contributed by atoms with Crippen molar-refractivity contribution in [1.29, 1.82) is 0 Å². The van der Waals surface area contributed by atoms with Crippen molar-refractivity contribution >= 4 is 5.91 Å². The Labute approximate surface area is 55.6 Å². The van der Waals surface area contributed by atoms with Gasteiger partial charge in [-0.05, 0) is 12.5 Å². The standard InChI is InChI=1S/C6H14N2O/c1-5(3-7)4-8-6(2)9/h5H,3-4,7H2,1-2H3,(H,8,9)/t5-/m0/s1. The number of nitrogens with one attached hydrogen (secondary N) is 1. The summed E-state index contributed by atoms with van der Waals surface area (Å²) in [5, 5.41) is 2.68. The Kier molecular flexibility index (Phi) is 4.05. The highest BCUT2D eigenvalue weighted by atomic mass is 16.1. The molecule has 0 fully saturated rings. The average molecular weight is 130 g/mol. The zero-order valence-corrected chi connectivity index (χ0v) is 5.98. The van der Waals surface area contributed by atoms with E-state index in [4.69, 9.17) is 5.73 Å². The van der Waals surface area contributed by atoms with Gasteiger partial charge in [0.05, 0.1) is 0 Å². The van der Waals surface area contributed by atoms with Crippen molar-refractivity contribution in [3.05, 3.63) is 0 Å². The molecule has 3 N–H and O–H groups in total. The minimum Gasteiger partial charge on any atom is -0.356 e. The number of carbonyl (C=O) groups is 1. The third-order valence-corrected chi connectivity index (χ3v) is 1.10. The van der Waals surface area contributed by atoms with Gasteiger partial charge in [-0.25, -0.2) is 0 Å². The number of nitrogens with two attached hydrogens (primary N) is 1. The lowest BCUT2D eigenvalue weighted by molar-refractivity contribution is -0.119. The molecule has 0 aromatic rings. The van der Waals surface area contributed by atoms with Gasteiger partial charge in [-0.2, -0.15) is 0 Å². The molecular weight excluding hydrogens is 116 g/mol. The van der Waals surface area contributed by atoms with Crippen molar-refractivity contribution in [2.75, 3.05) is 13.1 Å². The molecule has 0 aliphatic rings. The summed E-state index contributed by atoms with van der Waals surface area (Å²) in [7, 11) is 0. The molecule has 1 amide bonds. The molecule has 0 spiro atoms. The molecule has 0 aromatic heterocycles. The monoisotopic (exact) mass is 130 g/mol. The first kappa shape index (κ1) is 8.43. The Hall–Kier alpha value is -0.570. The molecule has 54 valence electrons. The Morgan fingerprint density at radius 3 is 2.67 bits per heavy atom. The molecule has 0 radical (unpaired) electrons. The Bertz CT molecular complexity index is 93.1. The molecule has 9 heavy (non-hydrogen) atoms. The van der Waals surface area contributed by atoms with Gasteiger partial charge in [0.25, 0.3) is 0 Å². The summed E-state index contributed by atoms with van der Waals surface area (Å²) in [6.07, 6.45) is 0. The minimum absolute atomic E-state index is 0.00954. The maximum absolute atomic E-state index is 10.3. The molecule has 0 aliphatic carbocycles. The smallest absolute Gasteiger partial charge is 0.216 e. The van der Waals surface area contributed by atoms with Crippen LogP contribution in [0.15, 0.2) is 0 Å². The van der Waals surface area contributed by atoms with Gasteiger partial charge in [0, 0.05) is 13.5 Å². The fourth-order valence-electron chi connectivity index (χ4n) is 0.401. The number of hydrogen-bond donors (Lipinski definition) is 2. The summed E-state index contributed by atoms with van der Waals surface area (Å²) in [6, 6.07) is 0. The van der Waals surface area contributed by atoms with Crippen molar-refractivity contribution in [2.24, 2.45) is 11.7 Å². The predicted octanol–water partition coefficient (Wildman–Crippen LogP) is -0.283. The van der Waals surface area contributed by atoms with Crippen LogP contribution in [0.3, 0.4) is 0 Å². The Morgan fingerprint density at radius 1 is 1.78 bits per heavy atom. The highest BCUT2D eigenvalue weighted by molar-refractivity contribution is 5.72. The molecule has 3 nitrogen and oxygen atoms in total. The van der Waals surface area contributed by atoms with Crippen LogP contribution in [0, 0.1) is 5.92 Å². The van der Waals surface area contributed by atoms with Crippen LogP contribution < -0.4 is 11.1 Å². The van der Waals surface area contributed by atoms with Gasteiger partial charge in [-0.15, -0.1) is 0 Å². The molecule has 0 bridgehead atoms. The summed E-state index contributed by atoms with van der Waals surface area (Å²) in [5.74, 6) is 0.393. The number of carbonyl (C=O) groups excluding carboxylic acids is 1. The molecule has 0 rings (SSSR count). The van der Waals surface area contributed by atoms with Gasteiger partial charge in [0.1, 0.15) is 0 Å². The van der Waals surface area contributed by atoms with Crippen LogP contribution in [-0.4, -0.2) is 19.0 Å². The summed E-state index contributed by atoms with van der Waals surface area (Å²) in [6.45, 7) is 4.81. The molecule has 0 heterocycles. The van der Waals surface area contributed by atoms with Crippen LogP contribution in [0.1, 0.15) is 13.8 Å². The molecule has 0 aromatic carbocycles. The second-order valence-corrected chi connectivity index (χ2v) is 2.28. The van der Waals surface area contributed by atoms with E-state index >= 15 is 0 Å². The van der Waals surface area contributed by atoms with E-state index in [1.807, 2.05) is 6.92 Å². The second-order valence-electron chi connectivity index (χ2n) is 2.28. The van der Waals surface area contributed by atoms with Crippen molar-refractivity contribution in [1.82, 2.24) is 5.32 Å². The topological polar surface area (TPSA) is 55.1 Å². The lowest BCUT2D eigenvalue weighted by Crippen LogP contribution is -2.29. The van der Waals surface area contributed by atoms with Gasteiger partial charge >= 0.3 is 0 Å². The second kappa shape index (κ2) is 4.32. The van der Waals surface area contributed by atoms with Gasteiger partial charge in [0.15, 0.2) is 0 Å². The maximum Gasteiger partial charge on any atom is 0.216 e. The summed E-state index contributed by atoms with van der Waals surface area (Å²) in [4.78, 5) is 10.3. The zero-order valence-electron chi connectivity index (χ0n) is 5.98. The normalized spacial score (nSPS) is 12.8. The largest absolute Gasteiger partial charge is 0.356 e. The van der Waals surface area contributed by atoms with Crippen LogP contribution in [0.4, 0.5) is 0 Å². The van der Waals surface area contributed by atoms with E-state index in [2.05, 4.69) is 5.32 Å². The molecule has 0 unspecified atom stereocenters. The third-order valence-electron chi connectivity index (χ3n) is 1.10. The Morgan fingerprint density at radius 2 is 2.33 bits per heavy atom. The number of amides is 1. The highest BCUT2D eigenvalue weighted by Crippen LogP contribution is 1.85. The number of hydrogen-bond acceptors (Lipinski definition) is 2. The van der Waals surface area contributed by atoms with E-state index < -0.39 is 0 Å². The van der Waals surface area contributed by atoms with Crippen LogP contribution in [0.5, 0.6) is 0 Å². The Balaban J connectivity index is 3.16. The SMILES string of the molecule is CC(=O)NC[C@@H](C)CN. The van der Waals surface area contributed by atoms with Crippen molar-refractivity contribution < 1.29 is 4.79 Å². The lowest BCUT2D eigenvalue weighted by Gasteiger charge is -2.06. The van der Waals surface area contributed by atoms with E-state index in [0.717, 1.165) is 0 Å². The van der Waals surface area contributed by atoms with Gasteiger partial charge in [-0.3, -0.25) is 4.79 Å². The quantitative estimate of drug-likeness (QED) is 0.552. The molecular formula is C6H14N2O. The predicted molar refractivity (Wildman–Crippen MR) is 36.9 cm³/mol. The van der Waals surface area contributed by atoms with Crippen LogP contribution >= 0.6 is 0 Å². The van der Waals surface area contributed by atoms with Crippen LogP contribution in [0.25, 0.3) is 0 Å².